The Kier molecular flexibility index (Phi) is 4.42. The maximum absolute atomic E-state index is 11.8. The lowest BCUT2D eigenvalue weighted by Crippen LogP contribution is -2.38. The Morgan fingerprint density at radius 2 is 1.65 bits per heavy atom. The summed E-state index contributed by atoms with van der Waals surface area (Å²) in [4.78, 5) is 15.0. The summed E-state index contributed by atoms with van der Waals surface area (Å²) in [6.45, 7) is 0.515. The molecule has 1 heterocycles. The van der Waals surface area contributed by atoms with Gasteiger partial charge in [-0.1, -0.05) is 60.7 Å². The Balaban J connectivity index is 1.55. The first-order valence-electron chi connectivity index (χ1n) is 8.70. The summed E-state index contributed by atoms with van der Waals surface area (Å²) < 4.78 is 0. The Morgan fingerprint density at radius 3 is 2.50 bits per heavy atom. The van der Waals surface area contributed by atoms with Crippen LogP contribution in [0.1, 0.15) is 11.1 Å². The Labute approximate surface area is 151 Å². The molecule has 3 aromatic carbocycles. The average molecular weight is 344 g/mol. The van der Waals surface area contributed by atoms with Crippen molar-refractivity contribution in [3.8, 4) is 0 Å². The average Bonchev–Trinajstić information content (AvgIpc) is 3.08. The first-order valence-corrected chi connectivity index (χ1v) is 8.70. The molecule has 26 heavy (non-hydrogen) atoms. The van der Waals surface area contributed by atoms with Gasteiger partial charge in [0.05, 0.1) is 0 Å². The molecular formula is C22H20N2O2. The van der Waals surface area contributed by atoms with Crippen molar-refractivity contribution in [3.05, 3.63) is 84.1 Å². The molecule has 4 aromatic rings. The van der Waals surface area contributed by atoms with Gasteiger partial charge in [0.15, 0.2) is 0 Å². The van der Waals surface area contributed by atoms with Crippen molar-refractivity contribution >= 4 is 27.6 Å². The Hall–Kier alpha value is -3.11. The minimum atomic E-state index is -0.837. The lowest BCUT2D eigenvalue weighted by molar-refractivity contribution is -0.139. The van der Waals surface area contributed by atoms with Gasteiger partial charge in [-0.3, -0.25) is 10.1 Å². The fourth-order valence-electron chi connectivity index (χ4n) is 3.45. The first kappa shape index (κ1) is 16.4. The van der Waals surface area contributed by atoms with E-state index < -0.39 is 12.0 Å². The number of carbonyl (C=O) groups is 1. The number of carboxylic acids is 1. The highest BCUT2D eigenvalue weighted by molar-refractivity contribution is 5.86. The Morgan fingerprint density at radius 1 is 0.923 bits per heavy atom. The van der Waals surface area contributed by atoms with E-state index in [0.29, 0.717) is 13.0 Å². The van der Waals surface area contributed by atoms with Crippen LogP contribution in [0.25, 0.3) is 21.7 Å². The number of aromatic amines is 1. The number of aliphatic carboxylic acids is 1. The van der Waals surface area contributed by atoms with Gasteiger partial charge in [-0.2, -0.15) is 0 Å². The highest BCUT2D eigenvalue weighted by Crippen LogP contribution is 2.21. The summed E-state index contributed by atoms with van der Waals surface area (Å²) in [6, 6.07) is 21.6. The van der Waals surface area contributed by atoms with Gasteiger partial charge >= 0.3 is 5.97 Å². The highest BCUT2D eigenvalue weighted by Gasteiger charge is 2.19. The fourth-order valence-corrected chi connectivity index (χ4v) is 3.45. The largest absolute Gasteiger partial charge is 0.480 e. The van der Waals surface area contributed by atoms with E-state index in [1.54, 1.807) is 0 Å². The first-order chi connectivity index (χ1) is 12.7. The monoisotopic (exact) mass is 344 g/mol. The summed E-state index contributed by atoms with van der Waals surface area (Å²) in [5.74, 6) is -0.837. The van der Waals surface area contributed by atoms with Crippen LogP contribution in [0.2, 0.25) is 0 Å². The third kappa shape index (κ3) is 3.19. The highest BCUT2D eigenvalue weighted by atomic mass is 16.4. The minimum absolute atomic E-state index is 0.435. The van der Waals surface area contributed by atoms with E-state index >= 15 is 0 Å². The van der Waals surface area contributed by atoms with Crippen molar-refractivity contribution in [3.63, 3.8) is 0 Å². The summed E-state index contributed by atoms with van der Waals surface area (Å²) >= 11 is 0. The second-order valence-electron chi connectivity index (χ2n) is 6.47. The number of nitrogens with one attached hydrogen (secondary N) is 2. The molecule has 0 saturated heterocycles. The molecule has 0 fully saturated rings. The molecular weight excluding hydrogens is 324 g/mol. The zero-order chi connectivity index (χ0) is 17.9. The van der Waals surface area contributed by atoms with Crippen molar-refractivity contribution < 1.29 is 9.90 Å². The van der Waals surface area contributed by atoms with Crippen LogP contribution in [0.15, 0.2) is 72.9 Å². The molecule has 0 saturated carbocycles. The molecule has 130 valence electrons. The molecule has 0 bridgehead atoms. The van der Waals surface area contributed by atoms with E-state index in [-0.39, 0.29) is 0 Å². The number of hydrogen-bond donors (Lipinski definition) is 3. The molecule has 1 aromatic heterocycles. The van der Waals surface area contributed by atoms with Crippen molar-refractivity contribution in [2.24, 2.45) is 0 Å². The number of rotatable bonds is 6. The predicted molar refractivity (Wildman–Crippen MR) is 104 cm³/mol. The predicted octanol–water partition coefficient (Wildman–Crippen LogP) is 4.11. The van der Waals surface area contributed by atoms with E-state index in [2.05, 4.69) is 28.5 Å². The third-order valence-corrected chi connectivity index (χ3v) is 4.82. The molecule has 0 aliphatic heterocycles. The summed E-state index contributed by atoms with van der Waals surface area (Å²) in [7, 11) is 0. The molecule has 1 unspecified atom stereocenters. The smallest absolute Gasteiger partial charge is 0.321 e. The number of fused-ring (bicyclic) bond motifs is 2. The van der Waals surface area contributed by atoms with Crippen molar-refractivity contribution in [2.75, 3.05) is 0 Å². The van der Waals surface area contributed by atoms with Crippen LogP contribution in [0.5, 0.6) is 0 Å². The number of carboxylic acid groups (broad SMARTS) is 1. The van der Waals surface area contributed by atoms with Gasteiger partial charge in [0.1, 0.15) is 6.04 Å². The van der Waals surface area contributed by atoms with Crippen LogP contribution in [0.4, 0.5) is 0 Å². The van der Waals surface area contributed by atoms with Gasteiger partial charge in [0.2, 0.25) is 0 Å². The zero-order valence-corrected chi connectivity index (χ0v) is 14.3. The molecule has 4 nitrogen and oxygen atoms in total. The van der Waals surface area contributed by atoms with Crippen molar-refractivity contribution in [1.29, 1.82) is 0 Å². The summed E-state index contributed by atoms with van der Waals surface area (Å²) in [5.41, 5.74) is 3.15. The van der Waals surface area contributed by atoms with Crippen LogP contribution in [0.3, 0.4) is 0 Å². The molecule has 0 spiro atoms. The molecule has 3 N–H and O–H groups in total. The van der Waals surface area contributed by atoms with Gasteiger partial charge in [-0.25, -0.2) is 0 Å². The number of aromatic nitrogens is 1. The Bertz CT molecular complexity index is 1060. The van der Waals surface area contributed by atoms with Gasteiger partial charge in [-0.05, 0) is 28.0 Å². The molecule has 0 radical (unpaired) electrons. The lowest BCUT2D eigenvalue weighted by atomic mass is 10.0. The van der Waals surface area contributed by atoms with E-state index in [9.17, 15) is 9.90 Å². The quantitative estimate of drug-likeness (QED) is 0.493. The van der Waals surface area contributed by atoms with Crippen LogP contribution in [-0.4, -0.2) is 22.1 Å². The molecule has 0 aliphatic carbocycles. The molecule has 1 atom stereocenters. The number of para-hydroxylation sites is 1. The topological polar surface area (TPSA) is 65.1 Å². The number of hydrogen-bond acceptors (Lipinski definition) is 2. The standard InChI is InChI=1S/C22H20N2O2/c25-22(26)21(12-17-14-23-20-11-4-3-10-19(17)20)24-13-16-8-5-7-15-6-1-2-9-18(15)16/h1-11,14,21,23-24H,12-13H2,(H,25,26). The fraction of sp³-hybridized carbons (Fsp3) is 0.136. The number of H-pyrrole nitrogens is 1. The van der Waals surface area contributed by atoms with Crippen LogP contribution in [-0.2, 0) is 17.8 Å². The van der Waals surface area contributed by atoms with Gasteiger partial charge < -0.3 is 10.1 Å². The van der Waals surface area contributed by atoms with E-state index in [4.69, 9.17) is 0 Å². The van der Waals surface area contributed by atoms with Crippen molar-refractivity contribution in [1.82, 2.24) is 10.3 Å². The molecule has 4 rings (SSSR count). The zero-order valence-electron chi connectivity index (χ0n) is 14.3. The maximum Gasteiger partial charge on any atom is 0.321 e. The number of benzene rings is 3. The van der Waals surface area contributed by atoms with Crippen molar-refractivity contribution in [2.45, 2.75) is 19.0 Å². The normalized spacial score (nSPS) is 12.5. The second kappa shape index (κ2) is 7.02. The summed E-state index contributed by atoms with van der Waals surface area (Å²) in [6.07, 6.45) is 2.34. The minimum Gasteiger partial charge on any atom is -0.480 e. The molecule has 0 aliphatic rings. The van der Waals surface area contributed by atoms with E-state index in [1.807, 2.05) is 54.7 Å². The van der Waals surface area contributed by atoms with Gasteiger partial charge in [0.25, 0.3) is 0 Å². The van der Waals surface area contributed by atoms with Gasteiger partial charge in [-0.15, -0.1) is 0 Å². The van der Waals surface area contributed by atoms with E-state index in [0.717, 1.165) is 32.8 Å². The molecule has 4 heteroatoms. The summed E-state index contributed by atoms with van der Waals surface area (Å²) in [5, 5.41) is 16.3. The lowest BCUT2D eigenvalue weighted by Gasteiger charge is -2.15. The molecule has 0 amide bonds. The second-order valence-corrected chi connectivity index (χ2v) is 6.47. The maximum atomic E-state index is 11.8. The van der Waals surface area contributed by atoms with Crippen LogP contribution >= 0.6 is 0 Å². The SMILES string of the molecule is O=C(O)C(Cc1c[nH]c2ccccc12)NCc1cccc2ccccc12. The van der Waals surface area contributed by atoms with Crippen LogP contribution < -0.4 is 5.32 Å². The van der Waals surface area contributed by atoms with E-state index in [1.165, 1.54) is 0 Å². The third-order valence-electron chi connectivity index (χ3n) is 4.82. The van der Waals surface area contributed by atoms with Crippen LogP contribution in [0, 0.1) is 0 Å². The van der Waals surface area contributed by atoms with Gasteiger partial charge in [0, 0.05) is 30.1 Å².